The van der Waals surface area contributed by atoms with Gasteiger partial charge in [0.05, 0.1) is 12.0 Å². The van der Waals surface area contributed by atoms with Crippen molar-refractivity contribution >= 4 is 46.4 Å². The summed E-state index contributed by atoms with van der Waals surface area (Å²) in [6.45, 7) is 4.94. The van der Waals surface area contributed by atoms with Crippen LogP contribution in [0.3, 0.4) is 0 Å². The standard InChI is InChI=1S/C31H32ClN3O4/c1-20-19-29(35(21(2)36)26-13-9-24(32)10-14-26)27-5-3-4-6-28(27)34(20)30(37)22-7-11-25(12-8-22)33-17-15-23(16-18-33)31(38)39/h3-14,20,23,29H,15-19H2,1-2H3,(H,38,39)/t20-,29?/m0/s1. The molecule has 1 N–H and O–H groups in total. The van der Waals surface area contributed by atoms with Gasteiger partial charge in [-0.05, 0) is 86.3 Å². The molecule has 1 fully saturated rings. The summed E-state index contributed by atoms with van der Waals surface area (Å²) in [4.78, 5) is 43.8. The molecule has 2 heterocycles. The normalized spacial score (nSPS) is 19.4. The first kappa shape index (κ1) is 26.8. The highest BCUT2D eigenvalue weighted by Gasteiger charge is 2.38. The minimum Gasteiger partial charge on any atom is -0.481 e. The first-order valence-corrected chi connectivity index (χ1v) is 13.7. The molecule has 3 aromatic rings. The highest BCUT2D eigenvalue weighted by atomic mass is 35.5. The van der Waals surface area contributed by atoms with E-state index >= 15 is 0 Å². The van der Waals surface area contributed by atoms with E-state index in [-0.39, 0.29) is 29.8 Å². The number of carboxylic acid groups (broad SMARTS) is 1. The van der Waals surface area contributed by atoms with Gasteiger partial charge in [-0.3, -0.25) is 14.4 Å². The van der Waals surface area contributed by atoms with Crippen LogP contribution in [0.2, 0.25) is 5.02 Å². The molecule has 8 heteroatoms. The SMILES string of the molecule is CC(=O)N(c1ccc(Cl)cc1)C1C[C@H](C)N(C(=O)c2ccc(N3CCC(C(=O)O)CC3)cc2)c2ccccc21. The molecule has 2 amide bonds. The van der Waals surface area contributed by atoms with E-state index in [2.05, 4.69) is 4.90 Å². The fourth-order valence-corrected chi connectivity index (χ4v) is 5.98. The van der Waals surface area contributed by atoms with E-state index in [0.29, 0.717) is 42.9 Å². The molecule has 5 rings (SSSR count). The molecule has 0 aliphatic carbocycles. The molecular formula is C31H32ClN3O4. The molecule has 0 radical (unpaired) electrons. The van der Waals surface area contributed by atoms with Gasteiger partial charge < -0.3 is 19.8 Å². The van der Waals surface area contributed by atoms with Crippen LogP contribution in [0.15, 0.2) is 72.8 Å². The van der Waals surface area contributed by atoms with E-state index in [1.165, 1.54) is 0 Å². The molecule has 202 valence electrons. The van der Waals surface area contributed by atoms with Crippen LogP contribution in [0.25, 0.3) is 0 Å². The summed E-state index contributed by atoms with van der Waals surface area (Å²) in [7, 11) is 0. The maximum atomic E-state index is 13.8. The number of rotatable bonds is 5. The number of piperidine rings is 1. The maximum absolute atomic E-state index is 13.8. The van der Waals surface area contributed by atoms with Gasteiger partial charge in [0.15, 0.2) is 0 Å². The lowest BCUT2D eigenvalue weighted by atomic mass is 9.89. The summed E-state index contributed by atoms with van der Waals surface area (Å²) in [6.07, 6.45) is 1.82. The number of halogens is 1. The van der Waals surface area contributed by atoms with Gasteiger partial charge in [-0.2, -0.15) is 0 Å². The fourth-order valence-electron chi connectivity index (χ4n) is 5.86. The number of hydrogen-bond donors (Lipinski definition) is 1. The lowest BCUT2D eigenvalue weighted by Gasteiger charge is -2.43. The number of benzene rings is 3. The Balaban J connectivity index is 1.40. The van der Waals surface area contributed by atoms with Crippen molar-refractivity contribution < 1.29 is 19.5 Å². The third-order valence-corrected chi connectivity index (χ3v) is 8.11. The molecule has 0 aromatic heterocycles. The average molecular weight is 546 g/mol. The lowest BCUT2D eigenvalue weighted by Crippen LogP contribution is -2.47. The van der Waals surface area contributed by atoms with E-state index in [1.54, 1.807) is 24.0 Å². The van der Waals surface area contributed by atoms with Crippen molar-refractivity contribution in [1.82, 2.24) is 0 Å². The van der Waals surface area contributed by atoms with E-state index in [0.717, 1.165) is 22.6 Å². The third-order valence-electron chi connectivity index (χ3n) is 7.86. The number of nitrogens with zero attached hydrogens (tertiary/aromatic N) is 3. The van der Waals surface area contributed by atoms with Crippen LogP contribution < -0.4 is 14.7 Å². The second kappa shape index (κ2) is 11.1. The minimum absolute atomic E-state index is 0.0768. The summed E-state index contributed by atoms with van der Waals surface area (Å²) in [5.41, 5.74) is 4.06. The fraction of sp³-hybridized carbons (Fsp3) is 0.323. The number of anilines is 3. The first-order valence-electron chi connectivity index (χ1n) is 13.3. The second-order valence-electron chi connectivity index (χ2n) is 10.3. The van der Waals surface area contributed by atoms with Gasteiger partial charge in [0, 0.05) is 53.7 Å². The molecule has 3 aromatic carbocycles. The smallest absolute Gasteiger partial charge is 0.306 e. The summed E-state index contributed by atoms with van der Waals surface area (Å²) >= 11 is 6.10. The number of para-hydroxylation sites is 1. The molecule has 1 saturated heterocycles. The van der Waals surface area contributed by atoms with Crippen LogP contribution in [0.4, 0.5) is 17.1 Å². The van der Waals surface area contributed by atoms with Gasteiger partial charge in [0.2, 0.25) is 5.91 Å². The van der Waals surface area contributed by atoms with Gasteiger partial charge in [0.25, 0.3) is 5.91 Å². The molecule has 2 atom stereocenters. The highest BCUT2D eigenvalue weighted by Crippen LogP contribution is 2.43. The number of carbonyl (C=O) groups excluding carboxylic acids is 2. The zero-order chi connectivity index (χ0) is 27.7. The van der Waals surface area contributed by atoms with Gasteiger partial charge in [-0.1, -0.05) is 29.8 Å². The lowest BCUT2D eigenvalue weighted by molar-refractivity contribution is -0.142. The van der Waals surface area contributed by atoms with Crippen molar-refractivity contribution in [3.8, 4) is 0 Å². The van der Waals surface area contributed by atoms with Crippen molar-refractivity contribution in [3.63, 3.8) is 0 Å². The maximum Gasteiger partial charge on any atom is 0.306 e. The van der Waals surface area contributed by atoms with E-state index < -0.39 is 5.97 Å². The number of carbonyl (C=O) groups is 3. The van der Waals surface area contributed by atoms with Crippen LogP contribution in [-0.4, -0.2) is 42.0 Å². The molecule has 2 aliphatic rings. The number of aliphatic carboxylic acids is 1. The monoisotopic (exact) mass is 545 g/mol. The van der Waals surface area contributed by atoms with Crippen molar-refractivity contribution in [1.29, 1.82) is 0 Å². The summed E-state index contributed by atoms with van der Waals surface area (Å²) < 4.78 is 0. The summed E-state index contributed by atoms with van der Waals surface area (Å²) in [6, 6.07) is 22.2. The molecule has 0 bridgehead atoms. The average Bonchev–Trinajstić information content (AvgIpc) is 2.94. The molecule has 0 spiro atoms. The zero-order valence-corrected chi connectivity index (χ0v) is 22.8. The Morgan fingerprint density at radius 3 is 2.18 bits per heavy atom. The van der Waals surface area contributed by atoms with Crippen molar-refractivity contribution in [2.75, 3.05) is 27.8 Å². The highest BCUT2D eigenvalue weighted by molar-refractivity contribution is 6.30. The Morgan fingerprint density at radius 2 is 1.56 bits per heavy atom. The topological polar surface area (TPSA) is 81.2 Å². The van der Waals surface area contributed by atoms with E-state index in [4.69, 9.17) is 11.6 Å². The van der Waals surface area contributed by atoms with Crippen LogP contribution in [0.1, 0.15) is 55.1 Å². The van der Waals surface area contributed by atoms with Crippen LogP contribution in [0.5, 0.6) is 0 Å². The Bertz CT molecular complexity index is 1370. The number of amides is 2. The molecule has 2 aliphatic heterocycles. The van der Waals surface area contributed by atoms with Crippen LogP contribution in [-0.2, 0) is 9.59 Å². The Labute approximate surface area is 233 Å². The van der Waals surface area contributed by atoms with Gasteiger partial charge in [0.1, 0.15) is 0 Å². The largest absolute Gasteiger partial charge is 0.481 e. The van der Waals surface area contributed by atoms with Gasteiger partial charge in [-0.25, -0.2) is 0 Å². The Hall–Kier alpha value is -3.84. The predicted octanol–water partition coefficient (Wildman–Crippen LogP) is 6.17. The van der Waals surface area contributed by atoms with Gasteiger partial charge >= 0.3 is 5.97 Å². The minimum atomic E-state index is -0.728. The Kier molecular flexibility index (Phi) is 7.62. The molecule has 0 saturated carbocycles. The number of carboxylic acids is 1. The number of hydrogen-bond acceptors (Lipinski definition) is 4. The molecule has 1 unspecified atom stereocenters. The number of fused-ring (bicyclic) bond motifs is 1. The van der Waals surface area contributed by atoms with Crippen molar-refractivity contribution in [2.45, 2.75) is 45.2 Å². The molecule has 7 nitrogen and oxygen atoms in total. The molecule has 39 heavy (non-hydrogen) atoms. The zero-order valence-electron chi connectivity index (χ0n) is 22.1. The Morgan fingerprint density at radius 1 is 0.923 bits per heavy atom. The quantitative estimate of drug-likeness (QED) is 0.414. The van der Waals surface area contributed by atoms with Crippen molar-refractivity contribution in [2.24, 2.45) is 5.92 Å². The van der Waals surface area contributed by atoms with Crippen LogP contribution in [0, 0.1) is 5.92 Å². The van der Waals surface area contributed by atoms with Gasteiger partial charge in [-0.15, -0.1) is 0 Å². The first-order chi connectivity index (χ1) is 18.7. The predicted molar refractivity (Wildman–Crippen MR) is 154 cm³/mol. The van der Waals surface area contributed by atoms with E-state index in [1.807, 2.05) is 72.5 Å². The third kappa shape index (κ3) is 5.36. The molecular weight excluding hydrogens is 514 g/mol. The van der Waals surface area contributed by atoms with Crippen LogP contribution >= 0.6 is 11.6 Å². The van der Waals surface area contributed by atoms with E-state index in [9.17, 15) is 19.5 Å². The van der Waals surface area contributed by atoms with Crippen molar-refractivity contribution in [3.05, 3.63) is 88.9 Å². The summed E-state index contributed by atoms with van der Waals surface area (Å²) in [5, 5.41) is 9.87. The second-order valence-corrected chi connectivity index (χ2v) is 10.8. The summed E-state index contributed by atoms with van der Waals surface area (Å²) in [5.74, 6) is -1.18.